The van der Waals surface area contributed by atoms with Crippen LogP contribution in [0.3, 0.4) is 0 Å². The lowest BCUT2D eigenvalue weighted by atomic mass is 10.1. The van der Waals surface area contributed by atoms with Crippen molar-refractivity contribution in [3.8, 4) is 0 Å². The molecule has 1 aromatic carbocycles. The maximum absolute atomic E-state index is 10.6. The Hall–Kier alpha value is -1.55. The molecular weight excluding hydrogens is 230 g/mol. The van der Waals surface area contributed by atoms with Gasteiger partial charge in [0.1, 0.15) is 6.61 Å². The average molecular weight is 240 g/mol. The molecule has 1 aliphatic heterocycles. The molecule has 1 aromatic rings. The summed E-state index contributed by atoms with van der Waals surface area (Å²) >= 11 is 6.00. The van der Waals surface area contributed by atoms with Gasteiger partial charge in [-0.25, -0.2) is 9.79 Å². The molecule has 0 amide bonds. The maximum Gasteiger partial charge on any atom is 0.391 e. The van der Waals surface area contributed by atoms with Gasteiger partial charge in [0.05, 0.1) is 6.04 Å². The molecule has 0 radical (unpaired) electrons. The molecule has 0 aromatic heterocycles. The predicted molar refractivity (Wildman–Crippen MR) is 60.0 cm³/mol. The summed E-state index contributed by atoms with van der Waals surface area (Å²) in [6, 6.07) is 7.28. The van der Waals surface area contributed by atoms with Crippen molar-refractivity contribution < 1.29 is 14.6 Å². The molecule has 1 aliphatic rings. The number of nitrogens with zero attached hydrogens (tertiary/aromatic N) is 1. The van der Waals surface area contributed by atoms with Crippen molar-refractivity contribution in [3.63, 3.8) is 0 Å². The van der Waals surface area contributed by atoms with Gasteiger partial charge in [-0.15, -0.1) is 0 Å². The van der Waals surface area contributed by atoms with Crippen LogP contribution < -0.4 is 0 Å². The first kappa shape index (κ1) is 11.0. The van der Waals surface area contributed by atoms with Crippen LogP contribution in [-0.4, -0.2) is 29.6 Å². The lowest BCUT2D eigenvalue weighted by Gasteiger charge is -2.06. The largest absolute Gasteiger partial charge is 0.474 e. The topological polar surface area (TPSA) is 58.9 Å². The molecule has 0 bridgehead atoms. The number of aliphatic carboxylic acids is 1. The highest BCUT2D eigenvalue weighted by Gasteiger charge is 2.24. The molecule has 4 nitrogen and oxygen atoms in total. The van der Waals surface area contributed by atoms with Crippen LogP contribution in [0.5, 0.6) is 0 Å². The van der Waals surface area contributed by atoms with Crippen molar-refractivity contribution in [2.45, 2.75) is 12.5 Å². The number of aliphatic imine (C=N–C) groups is 1. The summed E-state index contributed by atoms with van der Waals surface area (Å²) in [6.07, 6.45) is 0.594. The number of carbonyl (C=O) groups is 1. The van der Waals surface area contributed by atoms with E-state index in [1.807, 2.05) is 18.2 Å². The lowest BCUT2D eigenvalue weighted by molar-refractivity contribution is -0.130. The first-order valence-corrected chi connectivity index (χ1v) is 5.22. The summed E-state index contributed by atoms with van der Waals surface area (Å²) in [5.74, 6) is -1.33. The lowest BCUT2D eigenvalue weighted by Crippen LogP contribution is -2.12. The van der Waals surface area contributed by atoms with Gasteiger partial charge in [0, 0.05) is 5.02 Å². The molecule has 2 rings (SSSR count). The van der Waals surface area contributed by atoms with Gasteiger partial charge < -0.3 is 9.84 Å². The number of benzene rings is 1. The van der Waals surface area contributed by atoms with Gasteiger partial charge in [-0.05, 0) is 18.1 Å². The number of hydrogen-bond acceptors (Lipinski definition) is 3. The fourth-order valence-corrected chi connectivity index (χ4v) is 1.77. The Labute approximate surface area is 97.5 Å². The van der Waals surface area contributed by atoms with Crippen molar-refractivity contribution in [3.05, 3.63) is 34.9 Å². The van der Waals surface area contributed by atoms with E-state index in [4.69, 9.17) is 21.4 Å². The zero-order valence-electron chi connectivity index (χ0n) is 8.39. The second-order valence-corrected chi connectivity index (χ2v) is 3.91. The molecule has 0 aliphatic carbocycles. The molecule has 84 valence electrons. The summed E-state index contributed by atoms with van der Waals surface area (Å²) < 4.78 is 4.95. The second-order valence-electron chi connectivity index (χ2n) is 3.50. The quantitative estimate of drug-likeness (QED) is 0.875. The van der Waals surface area contributed by atoms with Crippen LogP contribution in [0.1, 0.15) is 5.56 Å². The summed E-state index contributed by atoms with van der Waals surface area (Å²) in [7, 11) is 0. The van der Waals surface area contributed by atoms with E-state index >= 15 is 0 Å². The van der Waals surface area contributed by atoms with E-state index in [2.05, 4.69) is 4.99 Å². The highest BCUT2D eigenvalue weighted by atomic mass is 35.5. The molecular formula is C11H10ClNO3. The van der Waals surface area contributed by atoms with E-state index in [0.29, 0.717) is 18.1 Å². The van der Waals surface area contributed by atoms with Crippen molar-refractivity contribution in [1.82, 2.24) is 0 Å². The zero-order chi connectivity index (χ0) is 11.5. The number of ether oxygens (including phenoxy) is 1. The van der Waals surface area contributed by atoms with Crippen LogP contribution in [0.15, 0.2) is 29.3 Å². The van der Waals surface area contributed by atoms with Crippen molar-refractivity contribution in [2.24, 2.45) is 4.99 Å². The number of hydrogen-bond donors (Lipinski definition) is 1. The Balaban J connectivity index is 2.08. The van der Waals surface area contributed by atoms with E-state index in [1.54, 1.807) is 6.07 Å². The first-order chi connectivity index (χ1) is 7.66. The zero-order valence-corrected chi connectivity index (χ0v) is 9.15. The Bertz CT molecular complexity index is 445. The number of rotatable bonds is 3. The SMILES string of the molecule is O=C(O)C1=NC(Cc2ccccc2Cl)CO1. The third kappa shape index (κ3) is 2.33. The van der Waals surface area contributed by atoms with Gasteiger partial charge in [-0.2, -0.15) is 0 Å². The fraction of sp³-hybridized carbons (Fsp3) is 0.273. The average Bonchev–Trinajstić information content (AvgIpc) is 2.70. The molecule has 16 heavy (non-hydrogen) atoms. The highest BCUT2D eigenvalue weighted by molar-refractivity contribution is 6.32. The van der Waals surface area contributed by atoms with Gasteiger partial charge in [-0.3, -0.25) is 0 Å². The molecule has 0 spiro atoms. The third-order valence-electron chi connectivity index (χ3n) is 2.31. The van der Waals surface area contributed by atoms with E-state index in [0.717, 1.165) is 5.56 Å². The van der Waals surface area contributed by atoms with Crippen molar-refractivity contribution in [2.75, 3.05) is 6.61 Å². The van der Waals surface area contributed by atoms with Gasteiger partial charge in [0.2, 0.25) is 0 Å². The minimum Gasteiger partial charge on any atom is -0.474 e. The predicted octanol–water partition coefficient (Wildman–Crippen LogP) is 1.76. The molecule has 1 N–H and O–H groups in total. The van der Waals surface area contributed by atoms with E-state index in [1.165, 1.54) is 0 Å². The normalized spacial score (nSPS) is 19.1. The van der Waals surface area contributed by atoms with Crippen LogP contribution >= 0.6 is 11.6 Å². The number of carboxylic acid groups (broad SMARTS) is 1. The summed E-state index contributed by atoms with van der Waals surface area (Å²) in [4.78, 5) is 14.5. The van der Waals surface area contributed by atoms with Gasteiger partial charge in [0.25, 0.3) is 5.90 Å². The minimum atomic E-state index is -1.12. The molecule has 0 saturated heterocycles. The standard InChI is InChI=1S/C11H10ClNO3/c12-9-4-2-1-3-7(9)5-8-6-16-10(13-8)11(14)15/h1-4,8H,5-6H2,(H,14,15). The van der Waals surface area contributed by atoms with Crippen LogP contribution in [0.4, 0.5) is 0 Å². The molecule has 5 heteroatoms. The molecule has 0 saturated carbocycles. The molecule has 0 fully saturated rings. The Morgan fingerprint density at radius 3 is 2.94 bits per heavy atom. The highest BCUT2D eigenvalue weighted by Crippen LogP contribution is 2.19. The minimum absolute atomic E-state index is 0.161. The number of carboxylic acids is 1. The van der Waals surface area contributed by atoms with Crippen molar-refractivity contribution >= 4 is 23.5 Å². The fourth-order valence-electron chi connectivity index (χ4n) is 1.55. The van der Waals surface area contributed by atoms with Crippen LogP contribution in [-0.2, 0) is 16.0 Å². The summed E-state index contributed by atoms with van der Waals surface area (Å²) in [5, 5.41) is 9.34. The van der Waals surface area contributed by atoms with Gasteiger partial charge >= 0.3 is 5.97 Å². The van der Waals surface area contributed by atoms with E-state index < -0.39 is 5.97 Å². The van der Waals surface area contributed by atoms with Crippen LogP contribution in [0.2, 0.25) is 5.02 Å². The Kier molecular flexibility index (Phi) is 3.10. The summed E-state index contributed by atoms with van der Waals surface area (Å²) in [6.45, 7) is 0.298. The number of halogens is 1. The van der Waals surface area contributed by atoms with Crippen molar-refractivity contribution in [1.29, 1.82) is 0 Å². The molecule has 1 unspecified atom stereocenters. The monoisotopic (exact) mass is 239 g/mol. The Morgan fingerprint density at radius 2 is 2.31 bits per heavy atom. The first-order valence-electron chi connectivity index (χ1n) is 4.84. The van der Waals surface area contributed by atoms with Crippen LogP contribution in [0.25, 0.3) is 0 Å². The molecule has 1 heterocycles. The third-order valence-corrected chi connectivity index (χ3v) is 2.68. The van der Waals surface area contributed by atoms with E-state index in [-0.39, 0.29) is 11.9 Å². The Morgan fingerprint density at radius 1 is 1.56 bits per heavy atom. The van der Waals surface area contributed by atoms with Crippen LogP contribution in [0, 0.1) is 0 Å². The summed E-state index contributed by atoms with van der Waals surface area (Å²) in [5.41, 5.74) is 0.952. The van der Waals surface area contributed by atoms with E-state index in [9.17, 15) is 4.79 Å². The maximum atomic E-state index is 10.6. The van der Waals surface area contributed by atoms with Gasteiger partial charge in [0.15, 0.2) is 0 Å². The second kappa shape index (κ2) is 4.53. The van der Waals surface area contributed by atoms with Gasteiger partial charge in [-0.1, -0.05) is 29.8 Å². The smallest absolute Gasteiger partial charge is 0.391 e. The molecule has 1 atom stereocenters.